The fourth-order valence-electron chi connectivity index (χ4n) is 2.84. The molecule has 0 aliphatic heterocycles. The van der Waals surface area contributed by atoms with Gasteiger partial charge in [0.2, 0.25) is 11.8 Å². The Morgan fingerprint density at radius 2 is 1.92 bits per heavy atom. The molecule has 0 heterocycles. The Hall–Kier alpha value is -1.01. The van der Waals surface area contributed by atoms with E-state index in [2.05, 4.69) is 5.32 Å². The number of carbonyl (C=O) groups is 2. The van der Waals surface area contributed by atoms with E-state index in [1.807, 2.05) is 6.92 Å². The zero-order valence-electron chi connectivity index (χ0n) is 13.4. The molecule has 2 amide bonds. The fraction of sp³-hybridized carbons (Fsp3) is 0.500. The van der Waals surface area contributed by atoms with Crippen LogP contribution in [0.25, 0.3) is 0 Å². The molecule has 2 unspecified atom stereocenters. The van der Waals surface area contributed by atoms with Gasteiger partial charge in [-0.25, -0.2) is 0 Å². The van der Waals surface area contributed by atoms with Crippen molar-refractivity contribution in [3.05, 3.63) is 28.2 Å². The van der Waals surface area contributed by atoms with Crippen molar-refractivity contribution in [1.29, 1.82) is 0 Å². The molecule has 134 valence electrons. The lowest BCUT2D eigenvalue weighted by atomic mass is 10.0. The quantitative estimate of drug-likeness (QED) is 0.804. The van der Waals surface area contributed by atoms with Gasteiger partial charge in [-0.2, -0.15) is 0 Å². The normalized spacial score (nSPS) is 19.5. The largest absolute Gasteiger partial charge is 0.333 e. The molecule has 3 N–H and O–H groups in total. The van der Waals surface area contributed by atoms with Gasteiger partial charge in [-0.1, -0.05) is 35.7 Å². The van der Waals surface area contributed by atoms with E-state index in [0.717, 1.165) is 19.3 Å². The summed E-state index contributed by atoms with van der Waals surface area (Å²) in [5, 5.41) is 3.39. The van der Waals surface area contributed by atoms with Crippen LogP contribution >= 0.6 is 35.6 Å². The van der Waals surface area contributed by atoms with Gasteiger partial charge in [-0.05, 0) is 31.9 Å². The summed E-state index contributed by atoms with van der Waals surface area (Å²) < 4.78 is 0. The monoisotopic (exact) mass is 393 g/mol. The van der Waals surface area contributed by atoms with Gasteiger partial charge in [-0.15, -0.1) is 12.4 Å². The molecular formula is C16H22Cl3N3O2. The second-order valence-corrected chi connectivity index (χ2v) is 6.51. The second kappa shape index (κ2) is 9.47. The zero-order chi connectivity index (χ0) is 17.0. The Labute approximate surface area is 158 Å². The molecule has 0 aromatic heterocycles. The maximum atomic E-state index is 12.5. The lowest BCUT2D eigenvalue weighted by molar-refractivity contribution is -0.138. The summed E-state index contributed by atoms with van der Waals surface area (Å²) >= 11 is 12.1. The van der Waals surface area contributed by atoms with Crippen molar-refractivity contribution in [3.63, 3.8) is 0 Å². The summed E-state index contributed by atoms with van der Waals surface area (Å²) in [6.45, 7) is 2.25. The Morgan fingerprint density at radius 3 is 2.42 bits per heavy atom. The maximum Gasteiger partial charge on any atom is 0.244 e. The highest BCUT2D eigenvalue weighted by molar-refractivity contribution is 6.39. The van der Waals surface area contributed by atoms with Crippen LogP contribution in [-0.2, 0) is 9.59 Å². The van der Waals surface area contributed by atoms with Gasteiger partial charge in [0.05, 0.1) is 28.2 Å². The zero-order valence-corrected chi connectivity index (χ0v) is 15.8. The second-order valence-electron chi connectivity index (χ2n) is 5.70. The number of nitrogens with one attached hydrogen (secondary N) is 1. The summed E-state index contributed by atoms with van der Waals surface area (Å²) in [6.07, 6.45) is 2.60. The molecule has 1 aliphatic carbocycles. The minimum Gasteiger partial charge on any atom is -0.333 e. The number of benzene rings is 1. The molecule has 24 heavy (non-hydrogen) atoms. The molecule has 1 aromatic carbocycles. The Kier molecular flexibility index (Phi) is 8.30. The maximum absolute atomic E-state index is 12.5. The number of carbonyl (C=O) groups excluding carboxylic acids is 2. The molecule has 0 spiro atoms. The third-order valence-electron chi connectivity index (χ3n) is 4.14. The molecule has 0 radical (unpaired) electrons. The molecule has 0 bridgehead atoms. The smallest absolute Gasteiger partial charge is 0.244 e. The minimum absolute atomic E-state index is 0. The van der Waals surface area contributed by atoms with Crippen LogP contribution in [0, 0.1) is 5.92 Å². The molecule has 0 saturated heterocycles. The van der Waals surface area contributed by atoms with Crippen molar-refractivity contribution in [1.82, 2.24) is 4.90 Å². The van der Waals surface area contributed by atoms with Gasteiger partial charge in [0.25, 0.3) is 0 Å². The summed E-state index contributed by atoms with van der Waals surface area (Å²) in [7, 11) is 0. The van der Waals surface area contributed by atoms with Gasteiger partial charge in [0.15, 0.2) is 0 Å². The van der Waals surface area contributed by atoms with Crippen molar-refractivity contribution >= 4 is 53.1 Å². The third kappa shape index (κ3) is 4.99. The van der Waals surface area contributed by atoms with Gasteiger partial charge >= 0.3 is 0 Å². The summed E-state index contributed by atoms with van der Waals surface area (Å²) in [5.41, 5.74) is 6.35. The van der Waals surface area contributed by atoms with Crippen LogP contribution in [0.4, 0.5) is 5.69 Å². The molecule has 8 heteroatoms. The number of amides is 2. The summed E-state index contributed by atoms with van der Waals surface area (Å²) in [6, 6.07) is 4.87. The standard InChI is InChI=1S/C16H21Cl2N3O2.ClH/c1-2-21(16(23)10-5-3-8-13(10)19)9-14(22)20-15-11(17)6-4-7-12(15)18;/h4,6-7,10,13H,2-3,5,8-9,19H2,1H3,(H,20,22);1H. The average molecular weight is 395 g/mol. The number of hydrogen-bond donors (Lipinski definition) is 2. The first-order valence-corrected chi connectivity index (χ1v) is 8.47. The number of nitrogens with zero attached hydrogens (tertiary/aromatic N) is 1. The van der Waals surface area contributed by atoms with Crippen LogP contribution in [0.3, 0.4) is 0 Å². The van der Waals surface area contributed by atoms with Gasteiger partial charge in [-0.3, -0.25) is 9.59 Å². The van der Waals surface area contributed by atoms with Crippen molar-refractivity contribution in [3.8, 4) is 0 Å². The van der Waals surface area contributed by atoms with Crippen LogP contribution < -0.4 is 11.1 Å². The first-order chi connectivity index (χ1) is 10.9. The molecule has 1 aliphatic rings. The highest BCUT2D eigenvalue weighted by atomic mass is 35.5. The third-order valence-corrected chi connectivity index (χ3v) is 4.77. The predicted octanol–water partition coefficient (Wildman–Crippen LogP) is 3.33. The topological polar surface area (TPSA) is 75.4 Å². The predicted molar refractivity (Wildman–Crippen MR) is 99.9 cm³/mol. The SMILES string of the molecule is CCN(CC(=O)Nc1c(Cl)cccc1Cl)C(=O)C1CCCC1N.Cl. The van der Waals surface area contributed by atoms with E-state index in [9.17, 15) is 9.59 Å². The first kappa shape index (κ1) is 21.0. The van der Waals surface area contributed by atoms with E-state index in [0.29, 0.717) is 22.3 Å². The molecule has 1 fully saturated rings. The van der Waals surface area contributed by atoms with Gasteiger partial charge in [0.1, 0.15) is 0 Å². The van der Waals surface area contributed by atoms with E-state index in [-0.39, 0.29) is 42.7 Å². The van der Waals surface area contributed by atoms with Crippen molar-refractivity contribution in [2.75, 3.05) is 18.4 Å². The van der Waals surface area contributed by atoms with E-state index in [4.69, 9.17) is 28.9 Å². The molecule has 1 aromatic rings. The van der Waals surface area contributed by atoms with Crippen LogP contribution in [0.1, 0.15) is 26.2 Å². The number of para-hydroxylation sites is 1. The molecule has 2 atom stereocenters. The first-order valence-electron chi connectivity index (χ1n) is 7.72. The lowest BCUT2D eigenvalue weighted by Crippen LogP contribution is -2.44. The van der Waals surface area contributed by atoms with E-state index in [1.165, 1.54) is 4.90 Å². The van der Waals surface area contributed by atoms with Crippen LogP contribution in [-0.4, -0.2) is 35.8 Å². The highest BCUT2D eigenvalue weighted by Gasteiger charge is 2.33. The molecule has 1 saturated carbocycles. The van der Waals surface area contributed by atoms with E-state index >= 15 is 0 Å². The van der Waals surface area contributed by atoms with Crippen LogP contribution in [0.5, 0.6) is 0 Å². The molecule has 5 nitrogen and oxygen atoms in total. The number of rotatable bonds is 5. The van der Waals surface area contributed by atoms with Gasteiger partial charge < -0.3 is 16.0 Å². The Morgan fingerprint density at radius 1 is 1.29 bits per heavy atom. The fourth-order valence-corrected chi connectivity index (χ4v) is 3.34. The lowest BCUT2D eigenvalue weighted by Gasteiger charge is -2.25. The summed E-state index contributed by atoms with van der Waals surface area (Å²) in [4.78, 5) is 26.3. The van der Waals surface area contributed by atoms with Gasteiger partial charge in [0, 0.05) is 12.6 Å². The van der Waals surface area contributed by atoms with Crippen molar-refractivity contribution in [2.45, 2.75) is 32.2 Å². The van der Waals surface area contributed by atoms with Crippen LogP contribution in [0.15, 0.2) is 18.2 Å². The molecular weight excluding hydrogens is 373 g/mol. The minimum atomic E-state index is -0.332. The number of anilines is 1. The van der Waals surface area contributed by atoms with Crippen LogP contribution in [0.2, 0.25) is 10.0 Å². The Bertz CT molecular complexity index is 578. The number of hydrogen-bond acceptors (Lipinski definition) is 3. The summed E-state index contributed by atoms with van der Waals surface area (Å²) in [5.74, 6) is -0.577. The van der Waals surface area contributed by atoms with E-state index < -0.39 is 0 Å². The van der Waals surface area contributed by atoms with Crippen molar-refractivity contribution < 1.29 is 9.59 Å². The average Bonchev–Trinajstić information content (AvgIpc) is 2.94. The number of nitrogens with two attached hydrogens (primary N) is 1. The van der Waals surface area contributed by atoms with E-state index in [1.54, 1.807) is 18.2 Å². The molecule has 2 rings (SSSR count). The van der Waals surface area contributed by atoms with Crippen molar-refractivity contribution in [2.24, 2.45) is 11.7 Å². The number of halogens is 3. The highest BCUT2D eigenvalue weighted by Crippen LogP contribution is 2.30. The Balaban J connectivity index is 0.00000288. The number of likely N-dealkylation sites (N-methyl/N-ethyl adjacent to an activating group) is 1.